The number of imidazole rings is 1. The molecule has 5 nitrogen and oxygen atoms in total. The zero-order chi connectivity index (χ0) is 15.0. The van der Waals surface area contributed by atoms with Gasteiger partial charge in [-0.15, -0.1) is 0 Å². The first kappa shape index (κ1) is 13.7. The van der Waals surface area contributed by atoms with Gasteiger partial charge in [0.1, 0.15) is 11.9 Å². The van der Waals surface area contributed by atoms with Crippen molar-refractivity contribution < 1.29 is 9.52 Å². The minimum atomic E-state index is -0.824. The zero-order valence-electron chi connectivity index (χ0n) is 12.1. The third-order valence-corrected chi connectivity index (χ3v) is 3.80. The number of fused-ring (bicyclic) bond motifs is 1. The molecule has 2 aromatic heterocycles. The average Bonchev–Trinajstić information content (AvgIpc) is 3.11. The number of aliphatic hydroxyl groups is 1. The van der Waals surface area contributed by atoms with Crippen LogP contribution in [0, 0.1) is 0 Å². The van der Waals surface area contributed by atoms with Crippen molar-refractivity contribution in [2.45, 2.75) is 33.0 Å². The lowest BCUT2D eigenvalue weighted by atomic mass is 10.1. The molecule has 0 spiro atoms. The van der Waals surface area contributed by atoms with Crippen LogP contribution in [0.15, 0.2) is 45.8 Å². The van der Waals surface area contributed by atoms with Crippen LogP contribution < -0.4 is 5.69 Å². The van der Waals surface area contributed by atoms with E-state index in [2.05, 4.69) is 0 Å². The molecule has 0 fully saturated rings. The van der Waals surface area contributed by atoms with E-state index in [1.807, 2.05) is 32.0 Å². The molecular formula is C16H18N2O3. The lowest BCUT2D eigenvalue weighted by molar-refractivity contribution is 0.189. The Kier molecular flexibility index (Phi) is 3.43. The van der Waals surface area contributed by atoms with Crippen molar-refractivity contribution >= 4 is 11.0 Å². The Hall–Kier alpha value is -2.27. The molecule has 0 radical (unpaired) electrons. The van der Waals surface area contributed by atoms with E-state index in [4.69, 9.17) is 4.42 Å². The fourth-order valence-electron chi connectivity index (χ4n) is 2.73. The van der Waals surface area contributed by atoms with E-state index in [1.54, 1.807) is 21.3 Å². The zero-order valence-corrected chi connectivity index (χ0v) is 12.1. The van der Waals surface area contributed by atoms with Crippen LogP contribution in [0.25, 0.3) is 11.0 Å². The Morgan fingerprint density at radius 2 is 1.86 bits per heavy atom. The normalized spacial score (nSPS) is 12.9. The van der Waals surface area contributed by atoms with Gasteiger partial charge < -0.3 is 9.52 Å². The summed E-state index contributed by atoms with van der Waals surface area (Å²) in [5, 5.41) is 10.3. The molecule has 0 aliphatic heterocycles. The minimum absolute atomic E-state index is 0.0142. The molecule has 0 aliphatic carbocycles. The van der Waals surface area contributed by atoms with Crippen LogP contribution in [-0.2, 0) is 13.1 Å². The summed E-state index contributed by atoms with van der Waals surface area (Å²) in [6.07, 6.45) is 0.710. The summed E-state index contributed by atoms with van der Waals surface area (Å²) in [6, 6.07) is 9.06. The summed E-state index contributed by atoms with van der Waals surface area (Å²) in [7, 11) is 0. The number of benzene rings is 1. The first-order valence-corrected chi connectivity index (χ1v) is 7.11. The van der Waals surface area contributed by atoms with Crippen molar-refractivity contribution in [1.82, 2.24) is 9.13 Å². The third kappa shape index (κ3) is 2.10. The molecule has 0 amide bonds. The summed E-state index contributed by atoms with van der Waals surface area (Å²) in [6.45, 7) is 5.12. The molecule has 3 aromatic rings. The van der Waals surface area contributed by atoms with Crippen molar-refractivity contribution in [3.63, 3.8) is 0 Å². The number of hydrogen-bond acceptors (Lipinski definition) is 3. The summed E-state index contributed by atoms with van der Waals surface area (Å²) >= 11 is 0. The van der Waals surface area contributed by atoms with Crippen LogP contribution in [0.5, 0.6) is 0 Å². The van der Waals surface area contributed by atoms with Crippen LogP contribution in [-0.4, -0.2) is 14.2 Å². The summed E-state index contributed by atoms with van der Waals surface area (Å²) in [5.74, 6) is 0.495. The van der Waals surface area contributed by atoms with Crippen LogP contribution in [0.1, 0.15) is 31.3 Å². The van der Waals surface area contributed by atoms with Crippen molar-refractivity contribution in [3.8, 4) is 0 Å². The van der Waals surface area contributed by atoms with E-state index in [1.165, 1.54) is 6.26 Å². The lowest BCUT2D eigenvalue weighted by Crippen LogP contribution is -2.23. The number of aromatic nitrogens is 2. The Bertz CT molecular complexity index is 812. The third-order valence-electron chi connectivity index (χ3n) is 3.80. The smallest absolute Gasteiger partial charge is 0.329 e. The maximum atomic E-state index is 12.3. The predicted octanol–water partition coefficient (Wildman–Crippen LogP) is 2.52. The standard InChI is InChI=1S/C16H18N2O3/c1-3-17-12-8-7-11(15(19)14-6-5-9-21-14)10-13(12)18(4-2)16(17)20/h5-10,15,19H,3-4H2,1-2H3. The second kappa shape index (κ2) is 5.26. The molecule has 5 heteroatoms. The summed E-state index contributed by atoms with van der Waals surface area (Å²) < 4.78 is 8.70. The fraction of sp³-hybridized carbons (Fsp3) is 0.312. The maximum Gasteiger partial charge on any atom is 0.329 e. The van der Waals surface area contributed by atoms with Gasteiger partial charge in [-0.3, -0.25) is 9.13 Å². The molecule has 21 heavy (non-hydrogen) atoms. The van der Waals surface area contributed by atoms with Crippen molar-refractivity contribution in [3.05, 3.63) is 58.4 Å². The van der Waals surface area contributed by atoms with Gasteiger partial charge in [0.15, 0.2) is 0 Å². The summed E-state index contributed by atoms with van der Waals surface area (Å²) in [5.41, 5.74) is 2.43. The molecule has 0 saturated carbocycles. The highest BCUT2D eigenvalue weighted by Gasteiger charge is 2.17. The van der Waals surface area contributed by atoms with E-state index in [0.29, 0.717) is 24.4 Å². The number of nitrogens with zero attached hydrogens (tertiary/aromatic N) is 2. The van der Waals surface area contributed by atoms with Crippen LogP contribution in [0.4, 0.5) is 0 Å². The Labute approximate surface area is 122 Å². The van der Waals surface area contributed by atoms with Gasteiger partial charge in [0, 0.05) is 13.1 Å². The summed E-state index contributed by atoms with van der Waals surface area (Å²) in [4.78, 5) is 12.3. The first-order chi connectivity index (χ1) is 10.2. The van der Waals surface area contributed by atoms with E-state index in [-0.39, 0.29) is 5.69 Å². The number of aryl methyl sites for hydroxylation is 2. The van der Waals surface area contributed by atoms with Gasteiger partial charge in [-0.25, -0.2) is 4.79 Å². The van der Waals surface area contributed by atoms with Crippen LogP contribution in [0.2, 0.25) is 0 Å². The van der Waals surface area contributed by atoms with E-state index >= 15 is 0 Å². The predicted molar refractivity (Wildman–Crippen MR) is 80.3 cm³/mol. The highest BCUT2D eigenvalue weighted by atomic mass is 16.4. The van der Waals surface area contributed by atoms with Gasteiger partial charge in [-0.05, 0) is 43.7 Å². The fourth-order valence-corrected chi connectivity index (χ4v) is 2.73. The van der Waals surface area contributed by atoms with Crippen LogP contribution >= 0.6 is 0 Å². The Morgan fingerprint density at radius 1 is 1.14 bits per heavy atom. The molecule has 110 valence electrons. The second-order valence-electron chi connectivity index (χ2n) is 4.94. The van der Waals surface area contributed by atoms with Gasteiger partial charge in [-0.2, -0.15) is 0 Å². The molecule has 1 aromatic carbocycles. The number of rotatable bonds is 4. The maximum absolute atomic E-state index is 12.3. The molecule has 2 heterocycles. The van der Waals surface area contributed by atoms with E-state index in [9.17, 15) is 9.90 Å². The van der Waals surface area contributed by atoms with Crippen molar-refractivity contribution in [1.29, 1.82) is 0 Å². The van der Waals surface area contributed by atoms with Gasteiger partial charge >= 0.3 is 5.69 Å². The SMILES string of the molecule is CCn1c(=O)n(CC)c2cc(C(O)c3ccco3)ccc21. The van der Waals surface area contributed by atoms with Gasteiger partial charge in [0.2, 0.25) is 0 Å². The largest absolute Gasteiger partial charge is 0.466 e. The monoisotopic (exact) mass is 286 g/mol. The molecule has 0 aliphatic rings. The number of aliphatic hydroxyl groups excluding tert-OH is 1. The van der Waals surface area contributed by atoms with E-state index in [0.717, 1.165) is 11.0 Å². The van der Waals surface area contributed by atoms with Crippen molar-refractivity contribution in [2.75, 3.05) is 0 Å². The molecule has 1 unspecified atom stereocenters. The molecular weight excluding hydrogens is 268 g/mol. The quantitative estimate of drug-likeness (QED) is 0.801. The molecule has 1 atom stereocenters. The van der Waals surface area contributed by atoms with Gasteiger partial charge in [0.05, 0.1) is 17.3 Å². The molecule has 1 N–H and O–H groups in total. The Morgan fingerprint density at radius 3 is 2.48 bits per heavy atom. The molecule has 3 rings (SSSR count). The van der Waals surface area contributed by atoms with Gasteiger partial charge in [-0.1, -0.05) is 6.07 Å². The molecule has 0 bridgehead atoms. The molecule has 0 saturated heterocycles. The topological polar surface area (TPSA) is 60.3 Å². The van der Waals surface area contributed by atoms with E-state index < -0.39 is 6.10 Å². The number of hydrogen-bond donors (Lipinski definition) is 1. The minimum Gasteiger partial charge on any atom is -0.466 e. The van der Waals surface area contributed by atoms with Crippen LogP contribution in [0.3, 0.4) is 0 Å². The number of furan rings is 1. The highest BCUT2D eigenvalue weighted by molar-refractivity contribution is 5.77. The van der Waals surface area contributed by atoms with Crippen molar-refractivity contribution in [2.24, 2.45) is 0 Å². The lowest BCUT2D eigenvalue weighted by Gasteiger charge is -2.09. The first-order valence-electron chi connectivity index (χ1n) is 7.11. The average molecular weight is 286 g/mol. The second-order valence-corrected chi connectivity index (χ2v) is 4.94. The Balaban J connectivity index is 2.18. The van der Waals surface area contributed by atoms with Gasteiger partial charge in [0.25, 0.3) is 0 Å². The highest BCUT2D eigenvalue weighted by Crippen LogP contribution is 2.25.